The molecule has 0 spiro atoms. The highest BCUT2D eigenvalue weighted by Crippen LogP contribution is 2.29. The van der Waals surface area contributed by atoms with Crippen LogP contribution in [0.4, 0.5) is 10.2 Å². The third-order valence-corrected chi connectivity index (χ3v) is 8.84. The number of ether oxygens (including phenoxy) is 1. The smallest absolute Gasteiger partial charge is 0.147 e. The minimum Gasteiger partial charge on any atom is -0.488 e. The Kier molecular flexibility index (Phi) is 8.27. The van der Waals surface area contributed by atoms with Gasteiger partial charge in [0.05, 0.1) is 29.2 Å². The molecule has 1 aromatic heterocycles. The standard InChI is InChI=1S/C28H39ClFN7O/c29-22-13-19(30)3-8-27(22)38-21-5-7-23(32-14-21)25-15-34-28(16-33-25)37-12-9-31-26(18-37)24-6-4-20(35-24)17-36-10-1-2-11-36/h3,8,13,15-16,20-21,23-24,26,31-32,35H,1-2,4-7,9-12,14,17-18H2. The van der Waals surface area contributed by atoms with Gasteiger partial charge in [0.25, 0.3) is 0 Å². The van der Waals surface area contributed by atoms with Crippen molar-refractivity contribution in [2.75, 3.05) is 50.7 Å². The summed E-state index contributed by atoms with van der Waals surface area (Å²) < 4.78 is 19.3. The maximum atomic E-state index is 13.3. The molecule has 206 valence electrons. The topological polar surface area (TPSA) is 77.6 Å². The van der Waals surface area contributed by atoms with E-state index in [1.807, 2.05) is 12.4 Å². The number of aromatic nitrogens is 2. The van der Waals surface area contributed by atoms with Gasteiger partial charge in [-0.15, -0.1) is 0 Å². The van der Waals surface area contributed by atoms with Gasteiger partial charge in [-0.2, -0.15) is 0 Å². The minimum atomic E-state index is -0.362. The molecule has 0 bridgehead atoms. The summed E-state index contributed by atoms with van der Waals surface area (Å²) >= 11 is 6.12. The van der Waals surface area contributed by atoms with Gasteiger partial charge in [-0.1, -0.05) is 11.6 Å². The summed E-state index contributed by atoms with van der Waals surface area (Å²) in [5, 5.41) is 11.5. The highest BCUT2D eigenvalue weighted by atomic mass is 35.5. The van der Waals surface area contributed by atoms with E-state index in [9.17, 15) is 4.39 Å². The van der Waals surface area contributed by atoms with Crippen molar-refractivity contribution in [3.63, 3.8) is 0 Å². The second-order valence-corrected chi connectivity index (χ2v) is 11.6. The van der Waals surface area contributed by atoms with Crippen LogP contribution in [0, 0.1) is 5.82 Å². The fourth-order valence-corrected chi connectivity index (χ4v) is 6.66. The summed E-state index contributed by atoms with van der Waals surface area (Å²) in [6.07, 6.45) is 10.8. The first-order chi connectivity index (χ1) is 18.6. The van der Waals surface area contributed by atoms with E-state index in [4.69, 9.17) is 26.3 Å². The molecule has 38 heavy (non-hydrogen) atoms. The summed E-state index contributed by atoms with van der Waals surface area (Å²) in [6, 6.07) is 5.95. The van der Waals surface area contributed by atoms with E-state index in [0.717, 1.165) is 44.0 Å². The SMILES string of the molecule is Fc1ccc(OC2CCC(c3cnc(N4CCNC(C5CCC(CN6CCCC6)N5)C4)cn3)NC2)c(Cl)c1. The number of hydrogen-bond acceptors (Lipinski definition) is 8. The molecule has 3 N–H and O–H groups in total. The monoisotopic (exact) mass is 543 g/mol. The molecule has 4 aliphatic rings. The highest BCUT2D eigenvalue weighted by Gasteiger charge is 2.34. The number of likely N-dealkylation sites (tertiary alicyclic amines) is 1. The van der Waals surface area contributed by atoms with Crippen LogP contribution in [0.15, 0.2) is 30.6 Å². The van der Waals surface area contributed by atoms with Crippen molar-refractivity contribution in [2.45, 2.75) is 68.8 Å². The Morgan fingerprint density at radius 2 is 1.89 bits per heavy atom. The van der Waals surface area contributed by atoms with Gasteiger partial charge < -0.3 is 30.5 Å². The average Bonchev–Trinajstić information content (AvgIpc) is 3.64. The van der Waals surface area contributed by atoms with E-state index in [0.29, 0.717) is 35.4 Å². The predicted octanol–water partition coefficient (Wildman–Crippen LogP) is 3.14. The molecular weight excluding hydrogens is 505 g/mol. The molecule has 4 aliphatic heterocycles. The number of hydrogen-bond donors (Lipinski definition) is 3. The number of nitrogens with one attached hydrogen (secondary N) is 3. The van der Waals surface area contributed by atoms with Crippen LogP contribution in [-0.4, -0.2) is 84.9 Å². The molecule has 4 saturated heterocycles. The number of rotatable bonds is 7. The molecule has 5 unspecified atom stereocenters. The van der Waals surface area contributed by atoms with E-state index >= 15 is 0 Å². The average molecular weight is 544 g/mol. The van der Waals surface area contributed by atoms with E-state index in [-0.39, 0.29) is 18.0 Å². The van der Waals surface area contributed by atoms with Gasteiger partial charge in [0, 0.05) is 50.8 Å². The fourth-order valence-electron chi connectivity index (χ4n) is 6.45. The van der Waals surface area contributed by atoms with Crippen LogP contribution >= 0.6 is 11.6 Å². The summed E-state index contributed by atoms with van der Waals surface area (Å²) in [7, 11) is 0. The molecule has 10 heteroatoms. The molecule has 2 aromatic rings. The molecule has 1 aromatic carbocycles. The fraction of sp³-hybridized carbons (Fsp3) is 0.643. The van der Waals surface area contributed by atoms with Crippen LogP contribution in [0.25, 0.3) is 0 Å². The Hall–Kier alpha value is -2.04. The molecule has 6 rings (SSSR count). The van der Waals surface area contributed by atoms with Crippen LogP contribution in [0.5, 0.6) is 5.75 Å². The lowest BCUT2D eigenvalue weighted by atomic mass is 10.0. The Balaban J connectivity index is 0.985. The van der Waals surface area contributed by atoms with Crippen LogP contribution in [0.3, 0.4) is 0 Å². The van der Waals surface area contributed by atoms with Crippen LogP contribution in [-0.2, 0) is 0 Å². The number of nitrogens with zero attached hydrogens (tertiary/aromatic N) is 4. The second-order valence-electron chi connectivity index (χ2n) is 11.2. The van der Waals surface area contributed by atoms with Crippen molar-refractivity contribution in [3.05, 3.63) is 47.1 Å². The largest absolute Gasteiger partial charge is 0.488 e. The zero-order valence-electron chi connectivity index (χ0n) is 21.9. The van der Waals surface area contributed by atoms with Crippen LogP contribution < -0.4 is 25.6 Å². The highest BCUT2D eigenvalue weighted by molar-refractivity contribution is 6.32. The molecule has 5 atom stereocenters. The number of benzene rings is 1. The summed E-state index contributed by atoms with van der Waals surface area (Å²) in [5.41, 5.74) is 0.959. The van der Waals surface area contributed by atoms with Crippen molar-refractivity contribution >= 4 is 17.4 Å². The third kappa shape index (κ3) is 6.23. The Bertz CT molecular complexity index is 1060. The minimum absolute atomic E-state index is 0.0154. The molecule has 8 nitrogen and oxygen atoms in total. The summed E-state index contributed by atoms with van der Waals surface area (Å²) in [5.74, 6) is 1.11. The first-order valence-electron chi connectivity index (χ1n) is 14.2. The van der Waals surface area contributed by atoms with Crippen molar-refractivity contribution in [1.29, 1.82) is 0 Å². The van der Waals surface area contributed by atoms with Crippen molar-refractivity contribution in [1.82, 2.24) is 30.8 Å². The Labute approximate surface area is 229 Å². The third-order valence-electron chi connectivity index (χ3n) is 8.54. The maximum Gasteiger partial charge on any atom is 0.147 e. The molecule has 0 aliphatic carbocycles. The lowest BCUT2D eigenvalue weighted by molar-refractivity contribution is 0.148. The number of piperidine rings is 1. The second kappa shape index (κ2) is 12.0. The number of halogens is 2. The van der Waals surface area contributed by atoms with Crippen molar-refractivity contribution in [2.24, 2.45) is 0 Å². The zero-order chi connectivity index (χ0) is 25.9. The summed E-state index contributed by atoms with van der Waals surface area (Å²) in [4.78, 5) is 14.6. The van der Waals surface area contributed by atoms with Gasteiger partial charge >= 0.3 is 0 Å². The molecule has 0 saturated carbocycles. The molecule has 0 radical (unpaired) electrons. The van der Waals surface area contributed by atoms with Gasteiger partial charge in [-0.25, -0.2) is 9.37 Å². The van der Waals surface area contributed by atoms with Gasteiger partial charge in [-0.05, 0) is 69.8 Å². The number of piperazine rings is 1. The predicted molar refractivity (Wildman–Crippen MR) is 147 cm³/mol. The molecule has 4 fully saturated rings. The lowest BCUT2D eigenvalue weighted by Crippen LogP contribution is -2.59. The first-order valence-corrected chi connectivity index (χ1v) is 14.6. The van der Waals surface area contributed by atoms with Gasteiger partial charge in [0.1, 0.15) is 23.5 Å². The first kappa shape index (κ1) is 26.2. The lowest BCUT2D eigenvalue weighted by Gasteiger charge is -2.37. The molecule has 5 heterocycles. The normalized spacial score (nSPS) is 30.6. The zero-order valence-corrected chi connectivity index (χ0v) is 22.7. The van der Waals surface area contributed by atoms with Crippen LogP contribution in [0.1, 0.15) is 50.3 Å². The van der Waals surface area contributed by atoms with E-state index in [1.165, 1.54) is 57.5 Å². The van der Waals surface area contributed by atoms with Crippen molar-refractivity contribution < 1.29 is 9.13 Å². The molecular formula is C28H39ClFN7O. The Morgan fingerprint density at radius 3 is 2.66 bits per heavy atom. The van der Waals surface area contributed by atoms with Crippen LogP contribution in [0.2, 0.25) is 5.02 Å². The van der Waals surface area contributed by atoms with E-state index < -0.39 is 0 Å². The van der Waals surface area contributed by atoms with E-state index in [1.54, 1.807) is 6.07 Å². The number of anilines is 1. The summed E-state index contributed by atoms with van der Waals surface area (Å²) in [6.45, 7) is 7.27. The molecule has 0 amide bonds. The van der Waals surface area contributed by atoms with Crippen molar-refractivity contribution in [3.8, 4) is 5.75 Å². The van der Waals surface area contributed by atoms with Gasteiger partial charge in [0.15, 0.2) is 0 Å². The Morgan fingerprint density at radius 1 is 1.00 bits per heavy atom. The van der Waals surface area contributed by atoms with Gasteiger partial charge in [-0.3, -0.25) is 4.98 Å². The maximum absolute atomic E-state index is 13.3. The van der Waals surface area contributed by atoms with E-state index in [2.05, 4.69) is 25.8 Å². The quantitative estimate of drug-likeness (QED) is 0.492. The van der Waals surface area contributed by atoms with Gasteiger partial charge in [0.2, 0.25) is 0 Å².